The van der Waals surface area contributed by atoms with Gasteiger partial charge in [-0.3, -0.25) is 19.2 Å². The number of hydrogen-bond donors (Lipinski definition) is 6. The summed E-state index contributed by atoms with van der Waals surface area (Å²) in [5.41, 5.74) is 20.1. The van der Waals surface area contributed by atoms with Crippen LogP contribution in [0.15, 0.2) is 49.1 Å². The van der Waals surface area contributed by atoms with E-state index in [2.05, 4.69) is 32.9 Å². The Morgan fingerprint density at radius 2 is 1.08 bits per heavy atom. The number of methoxy groups -OCH3 is 3. The number of ether oxygens (including phenoxy) is 3. The molecule has 0 radical (unpaired) electrons. The Hall–Kier alpha value is -3.36. The lowest BCUT2D eigenvalue weighted by atomic mass is 10.3. The molecule has 39 heavy (non-hydrogen) atoms. The SMILES string of the molecule is C.C=CCC(O)OC.COC(=O)C/C=C/CC(=O)OC.N.NC(=O)C/C=C/CC(N)=O.NCC/C=C/CCN. The first-order valence-electron chi connectivity index (χ1n) is 11.4. The van der Waals surface area contributed by atoms with Crippen molar-refractivity contribution in [3.63, 3.8) is 0 Å². The predicted octanol–water partition coefficient (Wildman–Crippen LogP) is 1.53. The minimum Gasteiger partial charge on any atom is -0.469 e. The summed E-state index contributed by atoms with van der Waals surface area (Å²) in [5, 5.41) is 8.56. The van der Waals surface area contributed by atoms with Gasteiger partial charge in [-0.2, -0.15) is 0 Å². The Morgan fingerprint density at radius 1 is 0.744 bits per heavy atom. The van der Waals surface area contributed by atoms with E-state index in [9.17, 15) is 19.2 Å². The van der Waals surface area contributed by atoms with E-state index in [1.807, 2.05) is 0 Å². The van der Waals surface area contributed by atoms with E-state index in [-0.39, 0.29) is 51.2 Å². The summed E-state index contributed by atoms with van der Waals surface area (Å²) in [7, 11) is 4.08. The highest BCUT2D eigenvalue weighted by molar-refractivity contribution is 5.77. The number of aliphatic hydroxyl groups excluding tert-OH is 1. The predicted molar refractivity (Wildman–Crippen MR) is 155 cm³/mol. The van der Waals surface area contributed by atoms with Crippen molar-refractivity contribution in [1.29, 1.82) is 0 Å². The van der Waals surface area contributed by atoms with E-state index in [0.717, 1.165) is 25.9 Å². The minimum atomic E-state index is -0.669. The van der Waals surface area contributed by atoms with Crippen LogP contribution in [0.3, 0.4) is 0 Å². The fourth-order valence-corrected chi connectivity index (χ4v) is 1.59. The van der Waals surface area contributed by atoms with Crippen LogP contribution < -0.4 is 29.1 Å². The van der Waals surface area contributed by atoms with Crippen molar-refractivity contribution in [2.24, 2.45) is 22.9 Å². The van der Waals surface area contributed by atoms with Gasteiger partial charge in [0.2, 0.25) is 11.8 Å². The van der Waals surface area contributed by atoms with Crippen molar-refractivity contribution in [3.8, 4) is 0 Å². The van der Waals surface area contributed by atoms with Crippen LogP contribution in [0.5, 0.6) is 0 Å². The quantitative estimate of drug-likeness (QED) is 0.0945. The Morgan fingerprint density at radius 3 is 1.28 bits per heavy atom. The minimum absolute atomic E-state index is 0. The number of carbonyl (C=O) groups excluding carboxylic acids is 4. The molecule has 0 saturated carbocycles. The molecule has 0 bridgehead atoms. The number of amides is 2. The van der Waals surface area contributed by atoms with E-state index in [0.29, 0.717) is 6.42 Å². The monoisotopic (exact) mass is 563 g/mol. The Kier molecular flexibility index (Phi) is 52.1. The molecule has 13 nitrogen and oxygen atoms in total. The first kappa shape index (κ1) is 48.7. The number of esters is 2. The zero-order valence-electron chi connectivity index (χ0n) is 23.0. The third kappa shape index (κ3) is 60.8. The Bertz CT molecular complexity index is 637. The Labute approximate surface area is 233 Å². The maximum absolute atomic E-state index is 10.5. The highest BCUT2D eigenvalue weighted by Gasteiger charge is 1.96. The van der Waals surface area contributed by atoms with Crippen molar-refractivity contribution < 1.29 is 38.5 Å². The number of primary amides is 2. The summed E-state index contributed by atoms with van der Waals surface area (Å²) in [6, 6.07) is 0. The topological polar surface area (TPSA) is 255 Å². The van der Waals surface area contributed by atoms with Gasteiger partial charge in [0.25, 0.3) is 0 Å². The molecule has 0 aromatic carbocycles. The second-order valence-electron chi connectivity index (χ2n) is 6.69. The van der Waals surface area contributed by atoms with Gasteiger partial charge in [-0.25, -0.2) is 0 Å². The van der Waals surface area contributed by atoms with Gasteiger partial charge >= 0.3 is 11.9 Å². The molecule has 0 fully saturated rings. The first-order valence-corrected chi connectivity index (χ1v) is 11.4. The van der Waals surface area contributed by atoms with Gasteiger partial charge in [0.15, 0.2) is 6.29 Å². The maximum Gasteiger partial charge on any atom is 0.309 e. The van der Waals surface area contributed by atoms with E-state index >= 15 is 0 Å². The van der Waals surface area contributed by atoms with Gasteiger partial charge in [-0.05, 0) is 25.9 Å². The lowest BCUT2D eigenvalue weighted by molar-refractivity contribution is -0.140. The van der Waals surface area contributed by atoms with E-state index in [1.165, 1.54) is 33.5 Å². The van der Waals surface area contributed by atoms with Gasteiger partial charge in [-0.15, -0.1) is 6.58 Å². The molecule has 0 saturated heterocycles. The molecular weight excluding hydrogens is 510 g/mol. The van der Waals surface area contributed by atoms with E-state index in [1.54, 1.807) is 18.2 Å². The second-order valence-corrected chi connectivity index (χ2v) is 6.69. The summed E-state index contributed by atoms with van der Waals surface area (Å²) < 4.78 is 13.2. The summed E-state index contributed by atoms with van der Waals surface area (Å²) in [6.07, 6.45) is 14.4. The standard InChI is InChI=1S/C8H12O4.C6H10N2O2.C6H14N2.C5H10O2.CH4.H3N/c1-11-7(9)5-3-4-6-8(10)12-2;7-5(9)3-1-2-4-6(8)10;7-5-3-1-2-4-6-8;1-3-4-5(6)7-2;;/h3-4H,5-6H2,1-2H3;1-2H,3-4H2,(H2,7,9)(H2,8,10);1-2H,3-8H2;3,5-6H,1,4H2,2H3;1H4;1H3/b4-3+;2*2-1+;;;. The van der Waals surface area contributed by atoms with Gasteiger partial charge < -0.3 is 48.4 Å². The van der Waals surface area contributed by atoms with Crippen LogP contribution in [0.4, 0.5) is 0 Å². The average molecular weight is 564 g/mol. The van der Waals surface area contributed by atoms with E-state index in [4.69, 9.17) is 28.0 Å². The molecule has 0 heterocycles. The third-order valence-electron chi connectivity index (χ3n) is 3.47. The van der Waals surface area contributed by atoms with Crippen molar-refractivity contribution >= 4 is 23.8 Å². The zero-order valence-corrected chi connectivity index (χ0v) is 23.0. The van der Waals surface area contributed by atoms with Gasteiger partial charge in [0.05, 0.1) is 27.1 Å². The second kappa shape index (κ2) is 41.8. The fraction of sp³-hybridized carbons (Fsp3) is 0.538. The molecule has 0 aromatic rings. The normalized spacial score (nSPS) is 10.2. The fourth-order valence-electron chi connectivity index (χ4n) is 1.59. The number of rotatable bonds is 15. The average Bonchev–Trinajstić information content (AvgIpc) is 2.87. The maximum atomic E-state index is 10.5. The first-order chi connectivity index (χ1) is 17.6. The lowest BCUT2D eigenvalue weighted by Gasteiger charge is -2.01. The molecule has 13 heteroatoms. The largest absolute Gasteiger partial charge is 0.469 e. The highest BCUT2D eigenvalue weighted by atomic mass is 16.6. The van der Waals surface area contributed by atoms with Crippen LogP contribution in [0.25, 0.3) is 0 Å². The van der Waals surface area contributed by atoms with Crippen molar-refractivity contribution in [1.82, 2.24) is 6.15 Å². The number of nitrogens with two attached hydrogens (primary N) is 4. The molecule has 1 atom stereocenters. The number of carbonyl (C=O) groups is 4. The van der Waals surface area contributed by atoms with Crippen LogP contribution in [0.2, 0.25) is 0 Å². The molecule has 0 aliphatic carbocycles. The molecular formula is C26H53N5O8. The number of aliphatic hydroxyl groups is 1. The van der Waals surface area contributed by atoms with Crippen molar-refractivity contribution in [2.75, 3.05) is 34.4 Å². The zero-order chi connectivity index (χ0) is 29.3. The summed E-state index contributed by atoms with van der Waals surface area (Å²) in [4.78, 5) is 41.3. The van der Waals surface area contributed by atoms with Crippen LogP contribution >= 0.6 is 0 Å². The number of hydrogen-bond acceptors (Lipinski definition) is 11. The van der Waals surface area contributed by atoms with Gasteiger partial charge in [0.1, 0.15) is 0 Å². The van der Waals surface area contributed by atoms with Crippen LogP contribution in [0.1, 0.15) is 52.4 Å². The van der Waals surface area contributed by atoms with Gasteiger partial charge in [0, 0.05) is 26.4 Å². The summed E-state index contributed by atoms with van der Waals surface area (Å²) >= 11 is 0. The molecule has 0 aliphatic rings. The molecule has 230 valence electrons. The van der Waals surface area contributed by atoms with Crippen molar-refractivity contribution in [2.45, 2.75) is 58.7 Å². The molecule has 1 unspecified atom stereocenters. The summed E-state index contributed by atoms with van der Waals surface area (Å²) in [5.74, 6) is -1.48. The van der Waals surface area contributed by atoms with Crippen molar-refractivity contribution in [3.05, 3.63) is 49.1 Å². The Balaban J connectivity index is -0.0000000933. The van der Waals surface area contributed by atoms with E-state index < -0.39 is 18.1 Å². The highest BCUT2D eigenvalue weighted by Crippen LogP contribution is 1.91. The molecule has 2 amide bonds. The van der Waals surface area contributed by atoms with Crippen LogP contribution in [-0.4, -0.2) is 69.6 Å². The molecule has 0 rings (SSSR count). The molecule has 0 aliphatic heterocycles. The lowest BCUT2D eigenvalue weighted by Crippen LogP contribution is -2.09. The molecule has 12 N–H and O–H groups in total. The molecule has 0 aromatic heterocycles. The third-order valence-corrected chi connectivity index (χ3v) is 3.47. The molecule has 0 spiro atoms. The van der Waals surface area contributed by atoms with Gasteiger partial charge in [-0.1, -0.05) is 50.0 Å². The summed E-state index contributed by atoms with van der Waals surface area (Å²) in [6.45, 7) is 4.88. The van der Waals surface area contributed by atoms with Crippen LogP contribution in [-0.2, 0) is 33.4 Å². The van der Waals surface area contributed by atoms with Crippen LogP contribution in [0, 0.1) is 0 Å². The smallest absolute Gasteiger partial charge is 0.309 e.